The van der Waals surface area contributed by atoms with Gasteiger partial charge in [0.25, 0.3) is 0 Å². The summed E-state index contributed by atoms with van der Waals surface area (Å²) in [6, 6.07) is 13.4. The molecule has 0 amide bonds. The first-order valence-electron chi connectivity index (χ1n) is 5.62. The van der Waals surface area contributed by atoms with Gasteiger partial charge in [0.2, 0.25) is 0 Å². The first-order valence-corrected chi connectivity index (χ1v) is 5.62. The lowest BCUT2D eigenvalue weighted by Crippen LogP contribution is -2.00. The van der Waals surface area contributed by atoms with Crippen molar-refractivity contribution in [3.05, 3.63) is 70.8 Å². The molecule has 2 rings (SSSR count). The Morgan fingerprint density at radius 2 is 1.56 bits per heavy atom. The van der Waals surface area contributed by atoms with Crippen LogP contribution in [0.2, 0.25) is 0 Å². The number of benzene rings is 2. The summed E-state index contributed by atoms with van der Waals surface area (Å²) in [7, 11) is 0. The van der Waals surface area contributed by atoms with Crippen molar-refractivity contribution in [1.82, 2.24) is 0 Å². The maximum absolute atomic E-state index is 13.6. The Balaban J connectivity index is 2.18. The Morgan fingerprint density at radius 1 is 0.944 bits per heavy atom. The van der Waals surface area contributed by atoms with Gasteiger partial charge in [0.1, 0.15) is 11.6 Å². The topological polar surface area (TPSA) is 23.8 Å². The highest BCUT2D eigenvalue weighted by atomic mass is 19.1. The van der Waals surface area contributed by atoms with Crippen molar-refractivity contribution in [2.75, 3.05) is 0 Å². The lowest BCUT2D eigenvalue weighted by molar-refractivity contribution is 0.554. The quantitative estimate of drug-likeness (QED) is 0.807. The smallest absolute Gasteiger partial charge is 0.130 e. The van der Waals surface area contributed by atoms with Crippen LogP contribution in [0.5, 0.6) is 0 Å². The summed E-state index contributed by atoms with van der Waals surface area (Å²) in [4.78, 5) is 0. The number of hydrogen-bond donors (Lipinski definition) is 0. The number of halogens is 2. The van der Waals surface area contributed by atoms with E-state index >= 15 is 0 Å². The van der Waals surface area contributed by atoms with E-state index in [0.29, 0.717) is 6.42 Å². The molecule has 0 spiro atoms. The van der Waals surface area contributed by atoms with Crippen LogP contribution in [0.4, 0.5) is 8.78 Å². The van der Waals surface area contributed by atoms with Gasteiger partial charge < -0.3 is 0 Å². The molecule has 0 radical (unpaired) electrons. The predicted octanol–water partition coefficient (Wildman–Crippen LogP) is 3.62. The molecule has 0 aromatic heterocycles. The van der Waals surface area contributed by atoms with E-state index in [1.54, 1.807) is 6.07 Å². The van der Waals surface area contributed by atoms with Gasteiger partial charge in [0.15, 0.2) is 0 Å². The second kappa shape index (κ2) is 5.42. The minimum atomic E-state index is -0.650. The predicted molar refractivity (Wildman–Crippen MR) is 64.9 cm³/mol. The fraction of sp³-hybridized carbons (Fsp3) is 0.133. The van der Waals surface area contributed by atoms with Crippen molar-refractivity contribution >= 4 is 0 Å². The zero-order valence-electron chi connectivity index (χ0n) is 9.66. The third-order valence-electron chi connectivity index (χ3n) is 2.78. The molecule has 18 heavy (non-hydrogen) atoms. The van der Waals surface area contributed by atoms with Gasteiger partial charge in [-0.15, -0.1) is 0 Å². The summed E-state index contributed by atoms with van der Waals surface area (Å²) in [5.41, 5.74) is 1.08. The van der Waals surface area contributed by atoms with Crippen LogP contribution in [0.3, 0.4) is 0 Å². The van der Waals surface area contributed by atoms with E-state index < -0.39 is 11.6 Å². The second-order valence-electron chi connectivity index (χ2n) is 4.02. The van der Waals surface area contributed by atoms with Crippen molar-refractivity contribution in [1.29, 1.82) is 5.26 Å². The van der Waals surface area contributed by atoms with Crippen molar-refractivity contribution in [2.24, 2.45) is 0 Å². The first-order chi connectivity index (χ1) is 8.70. The van der Waals surface area contributed by atoms with Crippen LogP contribution in [0.1, 0.15) is 16.7 Å². The molecule has 0 heterocycles. The Kier molecular flexibility index (Phi) is 3.69. The Hall–Kier alpha value is -2.21. The maximum Gasteiger partial charge on any atom is 0.130 e. The third-order valence-corrected chi connectivity index (χ3v) is 2.78. The van der Waals surface area contributed by atoms with Gasteiger partial charge in [-0.25, -0.2) is 8.78 Å². The highest BCUT2D eigenvalue weighted by molar-refractivity contribution is 5.34. The molecule has 2 aromatic carbocycles. The van der Waals surface area contributed by atoms with E-state index in [1.807, 2.05) is 30.3 Å². The average Bonchev–Trinajstić information content (AvgIpc) is 2.38. The van der Waals surface area contributed by atoms with Crippen LogP contribution in [0.15, 0.2) is 42.5 Å². The maximum atomic E-state index is 13.6. The number of hydrogen-bond acceptors (Lipinski definition) is 1. The molecule has 0 bridgehead atoms. The fourth-order valence-electron chi connectivity index (χ4n) is 1.82. The minimum absolute atomic E-state index is 0.00783. The Morgan fingerprint density at radius 3 is 2.11 bits per heavy atom. The van der Waals surface area contributed by atoms with Crippen molar-refractivity contribution in [2.45, 2.75) is 12.8 Å². The van der Waals surface area contributed by atoms with E-state index in [2.05, 4.69) is 0 Å². The molecule has 0 saturated heterocycles. The van der Waals surface area contributed by atoms with Gasteiger partial charge in [-0.3, -0.25) is 0 Å². The van der Waals surface area contributed by atoms with Crippen LogP contribution in [-0.4, -0.2) is 0 Å². The molecule has 0 aliphatic rings. The second-order valence-corrected chi connectivity index (χ2v) is 4.02. The van der Waals surface area contributed by atoms with Gasteiger partial charge in [-0.05, 0) is 30.5 Å². The third kappa shape index (κ3) is 2.72. The molecule has 0 saturated carbocycles. The zero-order chi connectivity index (χ0) is 13.0. The van der Waals surface area contributed by atoms with Crippen LogP contribution >= 0.6 is 0 Å². The number of nitrogens with zero attached hydrogens (tertiary/aromatic N) is 1. The van der Waals surface area contributed by atoms with E-state index in [-0.39, 0.29) is 17.5 Å². The number of nitriles is 1. The van der Waals surface area contributed by atoms with E-state index in [4.69, 9.17) is 5.26 Å². The van der Waals surface area contributed by atoms with E-state index in [1.165, 1.54) is 0 Å². The summed E-state index contributed by atoms with van der Waals surface area (Å²) in [5, 5.41) is 8.60. The van der Waals surface area contributed by atoms with Gasteiger partial charge in [-0.1, -0.05) is 30.3 Å². The SMILES string of the molecule is N#Cc1cc(F)c(CCc2ccccc2)c(F)c1. The molecule has 0 aliphatic carbocycles. The average molecular weight is 243 g/mol. The zero-order valence-corrected chi connectivity index (χ0v) is 9.66. The van der Waals surface area contributed by atoms with Crippen LogP contribution < -0.4 is 0 Å². The number of rotatable bonds is 3. The molecule has 2 aromatic rings. The summed E-state index contributed by atoms with van der Waals surface area (Å²) in [6.07, 6.45) is 0.855. The fourth-order valence-corrected chi connectivity index (χ4v) is 1.82. The van der Waals surface area contributed by atoms with Crippen LogP contribution in [0.25, 0.3) is 0 Å². The van der Waals surface area contributed by atoms with Crippen molar-refractivity contribution in [3.63, 3.8) is 0 Å². The lowest BCUT2D eigenvalue weighted by atomic mass is 10.0. The normalized spacial score (nSPS) is 10.1. The summed E-state index contributed by atoms with van der Waals surface area (Å²) in [6.45, 7) is 0. The largest absolute Gasteiger partial charge is 0.207 e. The van der Waals surface area contributed by atoms with Crippen molar-refractivity contribution < 1.29 is 8.78 Å². The minimum Gasteiger partial charge on any atom is -0.207 e. The van der Waals surface area contributed by atoms with Crippen LogP contribution in [0, 0.1) is 23.0 Å². The Bertz CT molecular complexity index is 562. The molecule has 0 atom stereocenters. The molecule has 0 unspecified atom stereocenters. The van der Waals surface area contributed by atoms with Gasteiger partial charge in [-0.2, -0.15) is 5.26 Å². The highest BCUT2D eigenvalue weighted by Crippen LogP contribution is 2.17. The van der Waals surface area contributed by atoms with E-state index in [0.717, 1.165) is 17.7 Å². The monoisotopic (exact) mass is 243 g/mol. The molecule has 90 valence electrons. The molecule has 0 aliphatic heterocycles. The Labute approximate surface area is 104 Å². The van der Waals surface area contributed by atoms with Gasteiger partial charge in [0, 0.05) is 5.56 Å². The summed E-state index contributed by atoms with van der Waals surface area (Å²) < 4.78 is 27.2. The van der Waals surface area contributed by atoms with Gasteiger partial charge >= 0.3 is 0 Å². The van der Waals surface area contributed by atoms with E-state index in [9.17, 15) is 8.78 Å². The molecule has 1 nitrogen and oxygen atoms in total. The summed E-state index contributed by atoms with van der Waals surface area (Å²) in [5.74, 6) is -1.30. The molecular weight excluding hydrogens is 232 g/mol. The highest BCUT2D eigenvalue weighted by Gasteiger charge is 2.11. The van der Waals surface area contributed by atoms with Crippen LogP contribution in [-0.2, 0) is 12.8 Å². The molecular formula is C15H11F2N. The first kappa shape index (κ1) is 12.3. The summed E-state index contributed by atoms with van der Waals surface area (Å²) >= 11 is 0. The van der Waals surface area contributed by atoms with Gasteiger partial charge in [0.05, 0.1) is 11.6 Å². The standard InChI is InChI=1S/C15H11F2N/c16-14-8-12(10-18)9-15(17)13(14)7-6-11-4-2-1-3-5-11/h1-5,8-9H,6-7H2. The molecule has 0 fully saturated rings. The number of aryl methyl sites for hydroxylation is 1. The lowest BCUT2D eigenvalue weighted by Gasteiger charge is -2.05. The molecule has 3 heteroatoms. The van der Waals surface area contributed by atoms with Crippen molar-refractivity contribution in [3.8, 4) is 6.07 Å². The molecule has 0 N–H and O–H groups in total.